The molecule has 0 radical (unpaired) electrons. The van der Waals surface area contributed by atoms with Crippen molar-refractivity contribution >= 4 is 21.8 Å². The molecular weight excluding hydrogens is 315 g/mol. The van der Waals surface area contributed by atoms with Gasteiger partial charge in [0.25, 0.3) is 5.91 Å². The highest BCUT2D eigenvalue weighted by atomic mass is 79.9. The quantitative estimate of drug-likeness (QED) is 0.909. The fourth-order valence-corrected chi connectivity index (χ4v) is 1.92. The minimum absolute atomic E-state index is 0.161. The van der Waals surface area contributed by atoms with Crippen molar-refractivity contribution in [1.29, 1.82) is 0 Å². The number of pyridine rings is 1. The number of hydrogen-bond donors (Lipinski definition) is 2. The van der Waals surface area contributed by atoms with Crippen LogP contribution >= 0.6 is 15.9 Å². The summed E-state index contributed by atoms with van der Waals surface area (Å²) in [6.07, 6.45) is 0. The number of nitrogens with one attached hydrogen (secondary N) is 2. The summed E-state index contributed by atoms with van der Waals surface area (Å²) in [4.78, 5) is 25.3. The van der Waals surface area contributed by atoms with Crippen molar-refractivity contribution < 1.29 is 9.18 Å². The maximum absolute atomic E-state index is 13.1. The number of H-pyrrole nitrogens is 1. The lowest BCUT2D eigenvalue weighted by molar-refractivity contribution is 0.0945. The van der Waals surface area contributed by atoms with Crippen molar-refractivity contribution in [1.82, 2.24) is 10.3 Å². The molecule has 19 heavy (non-hydrogen) atoms. The molecule has 0 saturated carbocycles. The Morgan fingerprint density at radius 1 is 1.32 bits per heavy atom. The van der Waals surface area contributed by atoms with Gasteiger partial charge in [-0.3, -0.25) is 9.59 Å². The molecule has 0 unspecified atom stereocenters. The highest BCUT2D eigenvalue weighted by Gasteiger charge is 2.07. The van der Waals surface area contributed by atoms with Gasteiger partial charge in [0.1, 0.15) is 11.5 Å². The number of aromatic amines is 1. The van der Waals surface area contributed by atoms with E-state index in [4.69, 9.17) is 0 Å². The number of amides is 1. The number of carbonyl (C=O) groups is 1. The average Bonchev–Trinajstić information content (AvgIpc) is 2.39. The Kier molecular flexibility index (Phi) is 4.11. The molecule has 0 atom stereocenters. The molecule has 1 heterocycles. The van der Waals surface area contributed by atoms with Crippen LogP contribution < -0.4 is 10.9 Å². The van der Waals surface area contributed by atoms with Crippen LogP contribution in [0.2, 0.25) is 0 Å². The maximum atomic E-state index is 13.1. The van der Waals surface area contributed by atoms with Crippen LogP contribution in [0.5, 0.6) is 0 Å². The number of halogens is 2. The lowest BCUT2D eigenvalue weighted by Crippen LogP contribution is -2.25. The topological polar surface area (TPSA) is 62.0 Å². The zero-order chi connectivity index (χ0) is 13.8. The first kappa shape index (κ1) is 13.5. The van der Waals surface area contributed by atoms with E-state index in [1.807, 2.05) is 0 Å². The summed E-state index contributed by atoms with van der Waals surface area (Å²) in [5.41, 5.74) is 0.436. The highest BCUT2D eigenvalue weighted by molar-refractivity contribution is 9.10. The number of hydrogen-bond acceptors (Lipinski definition) is 2. The number of aromatic nitrogens is 1. The van der Waals surface area contributed by atoms with Gasteiger partial charge in [-0.1, -0.05) is 22.0 Å². The number of benzene rings is 1. The molecule has 2 aromatic rings. The van der Waals surface area contributed by atoms with E-state index in [1.54, 1.807) is 6.07 Å². The van der Waals surface area contributed by atoms with Crippen LogP contribution in [-0.2, 0) is 6.54 Å². The van der Waals surface area contributed by atoms with E-state index in [1.165, 1.54) is 30.3 Å². The molecule has 0 aliphatic heterocycles. The van der Waals surface area contributed by atoms with Crippen LogP contribution in [0.25, 0.3) is 0 Å². The summed E-state index contributed by atoms with van der Waals surface area (Å²) in [5.74, 6) is -0.797. The van der Waals surface area contributed by atoms with Gasteiger partial charge in [-0.15, -0.1) is 0 Å². The summed E-state index contributed by atoms with van der Waals surface area (Å²) in [6.45, 7) is 0.161. The average molecular weight is 325 g/mol. The lowest BCUT2D eigenvalue weighted by atomic mass is 10.2. The molecule has 0 saturated heterocycles. The van der Waals surface area contributed by atoms with Crippen molar-refractivity contribution in [3.05, 3.63) is 68.3 Å². The smallest absolute Gasteiger partial charge is 0.268 e. The van der Waals surface area contributed by atoms with Crippen molar-refractivity contribution in [2.45, 2.75) is 6.54 Å². The van der Waals surface area contributed by atoms with Gasteiger partial charge in [-0.05, 0) is 29.8 Å². The normalized spacial score (nSPS) is 10.2. The van der Waals surface area contributed by atoms with Gasteiger partial charge in [-0.2, -0.15) is 0 Å². The summed E-state index contributed by atoms with van der Waals surface area (Å²) >= 11 is 3.27. The van der Waals surface area contributed by atoms with Crippen molar-refractivity contribution in [2.24, 2.45) is 0 Å². The zero-order valence-electron chi connectivity index (χ0n) is 9.74. The number of carbonyl (C=O) groups excluding carboxylic acids is 1. The molecule has 1 aromatic carbocycles. The number of rotatable bonds is 3. The van der Waals surface area contributed by atoms with Crippen LogP contribution in [0, 0.1) is 5.82 Å². The fourth-order valence-electron chi connectivity index (χ4n) is 1.53. The van der Waals surface area contributed by atoms with Crippen molar-refractivity contribution in [3.8, 4) is 0 Å². The third kappa shape index (κ3) is 3.51. The molecule has 2 N–H and O–H groups in total. The van der Waals surface area contributed by atoms with Gasteiger partial charge >= 0.3 is 0 Å². The van der Waals surface area contributed by atoms with E-state index in [2.05, 4.69) is 26.2 Å². The molecule has 0 bridgehead atoms. The molecule has 0 spiro atoms. The molecule has 98 valence electrons. The molecule has 2 rings (SSSR count). The predicted molar refractivity (Wildman–Crippen MR) is 72.3 cm³/mol. The van der Waals surface area contributed by atoms with Crippen LogP contribution in [-0.4, -0.2) is 10.9 Å². The van der Waals surface area contributed by atoms with E-state index in [9.17, 15) is 14.0 Å². The molecular formula is C13H10BrFN2O2. The first-order valence-electron chi connectivity index (χ1n) is 5.48. The van der Waals surface area contributed by atoms with Gasteiger partial charge in [0.2, 0.25) is 5.56 Å². The Labute approximate surface area is 116 Å². The van der Waals surface area contributed by atoms with Crippen LogP contribution in [0.15, 0.2) is 45.7 Å². The van der Waals surface area contributed by atoms with Gasteiger partial charge in [0.05, 0.1) is 0 Å². The molecule has 6 heteroatoms. The standard InChI is InChI=1S/C13H10BrFN2O2/c14-10-5-4-9(15)6-8(10)7-16-13(19)11-2-1-3-12(18)17-11/h1-6H,7H2,(H,16,19)(H,17,18). The molecule has 1 aromatic heterocycles. The van der Waals surface area contributed by atoms with Crippen LogP contribution in [0.4, 0.5) is 4.39 Å². The van der Waals surface area contributed by atoms with Crippen LogP contribution in [0.1, 0.15) is 16.1 Å². The molecule has 4 nitrogen and oxygen atoms in total. The summed E-state index contributed by atoms with van der Waals surface area (Å²) < 4.78 is 13.8. The Morgan fingerprint density at radius 2 is 2.11 bits per heavy atom. The van der Waals surface area contributed by atoms with Gasteiger partial charge < -0.3 is 10.3 Å². The Bertz CT molecular complexity index is 670. The van der Waals surface area contributed by atoms with E-state index in [0.717, 1.165) is 0 Å². The van der Waals surface area contributed by atoms with Gasteiger partial charge in [-0.25, -0.2) is 4.39 Å². The first-order chi connectivity index (χ1) is 9.06. The van der Waals surface area contributed by atoms with E-state index in [-0.39, 0.29) is 23.6 Å². The fraction of sp³-hybridized carbons (Fsp3) is 0.0769. The summed E-state index contributed by atoms with van der Waals surface area (Å²) in [5, 5.41) is 2.60. The Balaban J connectivity index is 2.08. The minimum Gasteiger partial charge on any atom is -0.347 e. The third-order valence-corrected chi connectivity index (χ3v) is 3.23. The van der Waals surface area contributed by atoms with Gasteiger partial charge in [0.15, 0.2) is 0 Å². The molecule has 1 amide bonds. The highest BCUT2D eigenvalue weighted by Crippen LogP contribution is 2.17. The van der Waals surface area contributed by atoms with Crippen LogP contribution in [0.3, 0.4) is 0 Å². The van der Waals surface area contributed by atoms with E-state index >= 15 is 0 Å². The second-order valence-corrected chi connectivity index (χ2v) is 4.70. The molecule has 0 fully saturated rings. The van der Waals surface area contributed by atoms with Crippen molar-refractivity contribution in [3.63, 3.8) is 0 Å². The van der Waals surface area contributed by atoms with Crippen molar-refractivity contribution in [2.75, 3.05) is 0 Å². The SMILES string of the molecule is O=C(NCc1cc(F)ccc1Br)c1cccc(=O)[nH]1. The Hall–Kier alpha value is -1.95. The largest absolute Gasteiger partial charge is 0.347 e. The molecule has 0 aliphatic carbocycles. The summed E-state index contributed by atoms with van der Waals surface area (Å²) in [7, 11) is 0. The first-order valence-corrected chi connectivity index (χ1v) is 6.27. The zero-order valence-corrected chi connectivity index (χ0v) is 11.3. The second-order valence-electron chi connectivity index (χ2n) is 3.85. The minimum atomic E-state index is -0.422. The lowest BCUT2D eigenvalue weighted by Gasteiger charge is -2.07. The predicted octanol–water partition coefficient (Wildman–Crippen LogP) is 2.21. The maximum Gasteiger partial charge on any atom is 0.268 e. The van der Waals surface area contributed by atoms with E-state index < -0.39 is 5.91 Å². The second kappa shape index (κ2) is 5.79. The monoisotopic (exact) mass is 324 g/mol. The van der Waals surface area contributed by atoms with E-state index in [0.29, 0.717) is 10.0 Å². The Morgan fingerprint density at radius 3 is 2.84 bits per heavy atom. The van der Waals surface area contributed by atoms with Gasteiger partial charge in [0, 0.05) is 17.1 Å². The molecule has 0 aliphatic rings. The summed E-state index contributed by atoms with van der Waals surface area (Å²) in [6, 6.07) is 8.53. The third-order valence-electron chi connectivity index (χ3n) is 2.46.